The highest BCUT2D eigenvalue weighted by Gasteiger charge is 2.26. The third-order valence-corrected chi connectivity index (χ3v) is 3.55. The first-order valence-electron chi connectivity index (χ1n) is 5.99. The van der Waals surface area contributed by atoms with Crippen molar-refractivity contribution in [3.63, 3.8) is 0 Å². The smallest absolute Gasteiger partial charge is 0.227 e. The van der Waals surface area contributed by atoms with Crippen LogP contribution in [-0.2, 0) is 11.3 Å². The molecule has 0 bridgehead atoms. The molecule has 0 saturated heterocycles. The Labute approximate surface area is 119 Å². The minimum absolute atomic E-state index is 0.0830. The van der Waals surface area contributed by atoms with Crippen molar-refractivity contribution in [3.05, 3.63) is 23.8 Å². The van der Waals surface area contributed by atoms with E-state index in [1.807, 2.05) is 12.1 Å². The molecule has 0 unspecified atom stereocenters. The number of methoxy groups -OCH3 is 2. The largest absolute Gasteiger partial charge is 0.497 e. The Bertz CT molecular complexity index is 446. The number of hydrogen-bond acceptors (Lipinski definition) is 3. The maximum atomic E-state index is 11.9. The Hall–Kier alpha value is -1.42. The Morgan fingerprint density at radius 1 is 1.32 bits per heavy atom. The summed E-state index contributed by atoms with van der Waals surface area (Å²) in [6, 6.07) is 5.48. The number of ether oxygens (including phenoxy) is 2. The summed E-state index contributed by atoms with van der Waals surface area (Å²) < 4.78 is 10.4. The molecule has 0 spiro atoms. The van der Waals surface area contributed by atoms with E-state index in [-0.39, 0.29) is 11.8 Å². The first-order chi connectivity index (χ1) is 8.94. The molecular formula is C14H20ClNO3. The van der Waals surface area contributed by atoms with E-state index in [0.29, 0.717) is 18.0 Å². The normalized spacial score (nSPS) is 11.0. The van der Waals surface area contributed by atoms with Crippen LogP contribution in [0.3, 0.4) is 0 Å². The number of amides is 1. The van der Waals surface area contributed by atoms with Crippen molar-refractivity contribution in [2.75, 3.05) is 20.1 Å². The van der Waals surface area contributed by atoms with E-state index >= 15 is 0 Å². The van der Waals surface area contributed by atoms with Crippen molar-refractivity contribution in [1.29, 1.82) is 0 Å². The number of benzene rings is 1. The maximum absolute atomic E-state index is 11.9. The van der Waals surface area contributed by atoms with Crippen LogP contribution >= 0.6 is 11.6 Å². The van der Waals surface area contributed by atoms with Crippen LogP contribution in [0.5, 0.6) is 11.5 Å². The van der Waals surface area contributed by atoms with E-state index in [1.165, 1.54) is 0 Å². The molecule has 0 fully saturated rings. The summed E-state index contributed by atoms with van der Waals surface area (Å²) >= 11 is 5.77. The zero-order chi connectivity index (χ0) is 14.5. The number of halogens is 1. The summed E-state index contributed by atoms with van der Waals surface area (Å²) in [5.41, 5.74) is 0.309. The molecule has 4 nitrogen and oxygen atoms in total. The van der Waals surface area contributed by atoms with Gasteiger partial charge in [-0.05, 0) is 26.0 Å². The lowest BCUT2D eigenvalue weighted by atomic mass is 9.95. The van der Waals surface area contributed by atoms with Crippen LogP contribution in [0.1, 0.15) is 19.4 Å². The fraction of sp³-hybridized carbons (Fsp3) is 0.500. The van der Waals surface area contributed by atoms with Crippen LogP contribution in [0, 0.1) is 5.41 Å². The number of carbonyl (C=O) groups excluding carboxylic acids is 1. The average molecular weight is 286 g/mol. The highest BCUT2D eigenvalue weighted by Crippen LogP contribution is 2.25. The zero-order valence-corrected chi connectivity index (χ0v) is 12.5. The molecule has 1 rings (SSSR count). The van der Waals surface area contributed by atoms with Gasteiger partial charge < -0.3 is 14.8 Å². The number of alkyl halides is 1. The van der Waals surface area contributed by atoms with Gasteiger partial charge in [0.25, 0.3) is 0 Å². The lowest BCUT2D eigenvalue weighted by molar-refractivity contribution is -0.128. The van der Waals surface area contributed by atoms with Crippen LogP contribution in [0.4, 0.5) is 0 Å². The molecule has 0 aliphatic heterocycles. The van der Waals surface area contributed by atoms with Crippen molar-refractivity contribution in [3.8, 4) is 11.5 Å². The lowest BCUT2D eigenvalue weighted by Gasteiger charge is -2.20. The quantitative estimate of drug-likeness (QED) is 0.817. The second kappa shape index (κ2) is 6.66. The molecular weight excluding hydrogens is 266 g/mol. The van der Waals surface area contributed by atoms with Gasteiger partial charge in [-0.2, -0.15) is 0 Å². The summed E-state index contributed by atoms with van der Waals surface area (Å²) in [4.78, 5) is 11.9. The van der Waals surface area contributed by atoms with Crippen LogP contribution in [0.25, 0.3) is 0 Å². The van der Waals surface area contributed by atoms with Crippen molar-refractivity contribution >= 4 is 17.5 Å². The summed E-state index contributed by atoms with van der Waals surface area (Å²) in [7, 11) is 3.18. The van der Waals surface area contributed by atoms with Gasteiger partial charge in [0, 0.05) is 24.1 Å². The van der Waals surface area contributed by atoms with Crippen LogP contribution in [-0.4, -0.2) is 26.0 Å². The fourth-order valence-corrected chi connectivity index (χ4v) is 1.59. The van der Waals surface area contributed by atoms with Gasteiger partial charge in [-0.3, -0.25) is 4.79 Å². The summed E-state index contributed by atoms with van der Waals surface area (Å²) in [5, 5.41) is 2.86. The molecule has 0 aliphatic rings. The molecule has 0 heterocycles. The summed E-state index contributed by atoms with van der Waals surface area (Å²) in [6.45, 7) is 4.01. The lowest BCUT2D eigenvalue weighted by Crippen LogP contribution is -2.37. The monoisotopic (exact) mass is 285 g/mol. The molecule has 0 radical (unpaired) electrons. The first-order valence-corrected chi connectivity index (χ1v) is 6.53. The van der Waals surface area contributed by atoms with E-state index in [2.05, 4.69) is 5.32 Å². The molecule has 1 N–H and O–H groups in total. The molecule has 0 atom stereocenters. The molecule has 1 amide bonds. The highest BCUT2D eigenvalue weighted by molar-refractivity contribution is 6.19. The van der Waals surface area contributed by atoms with Gasteiger partial charge >= 0.3 is 0 Å². The van der Waals surface area contributed by atoms with Crippen molar-refractivity contribution in [2.45, 2.75) is 20.4 Å². The van der Waals surface area contributed by atoms with Gasteiger partial charge in [-0.15, -0.1) is 11.6 Å². The van der Waals surface area contributed by atoms with Crippen LogP contribution in [0.15, 0.2) is 18.2 Å². The molecule has 5 heteroatoms. The average Bonchev–Trinajstić information content (AvgIpc) is 2.44. The molecule has 0 aliphatic carbocycles. The van der Waals surface area contributed by atoms with E-state index in [4.69, 9.17) is 21.1 Å². The Kier molecular flexibility index (Phi) is 5.48. The number of carbonyl (C=O) groups is 1. The predicted octanol–water partition coefficient (Wildman–Crippen LogP) is 2.59. The van der Waals surface area contributed by atoms with Gasteiger partial charge in [0.1, 0.15) is 11.5 Å². The molecule has 0 aromatic heterocycles. The molecule has 1 aromatic rings. The highest BCUT2D eigenvalue weighted by atomic mass is 35.5. The number of rotatable bonds is 6. The third-order valence-electron chi connectivity index (χ3n) is 2.88. The van der Waals surface area contributed by atoms with E-state index in [1.54, 1.807) is 34.1 Å². The minimum Gasteiger partial charge on any atom is -0.497 e. The fourth-order valence-electron chi connectivity index (χ4n) is 1.47. The number of hydrogen-bond donors (Lipinski definition) is 1. The standard InChI is InChI=1S/C14H20ClNO3/c1-14(2,9-15)13(17)16-8-10-5-6-11(18-3)7-12(10)19-4/h5-7H,8-9H2,1-4H3,(H,16,17). The van der Waals surface area contributed by atoms with E-state index < -0.39 is 5.41 Å². The van der Waals surface area contributed by atoms with Gasteiger partial charge in [-0.25, -0.2) is 0 Å². The van der Waals surface area contributed by atoms with Crippen molar-refractivity contribution in [2.24, 2.45) is 5.41 Å². The summed E-state index contributed by atoms with van der Waals surface area (Å²) in [6.07, 6.45) is 0. The Balaban J connectivity index is 2.75. The first kappa shape index (κ1) is 15.6. The van der Waals surface area contributed by atoms with Crippen LogP contribution < -0.4 is 14.8 Å². The summed E-state index contributed by atoms with van der Waals surface area (Å²) in [5.74, 6) is 1.59. The molecule has 0 saturated carbocycles. The maximum Gasteiger partial charge on any atom is 0.227 e. The topological polar surface area (TPSA) is 47.6 Å². The molecule has 1 aromatic carbocycles. The van der Waals surface area contributed by atoms with Gasteiger partial charge in [0.2, 0.25) is 5.91 Å². The van der Waals surface area contributed by atoms with E-state index in [0.717, 1.165) is 5.56 Å². The van der Waals surface area contributed by atoms with Crippen molar-refractivity contribution < 1.29 is 14.3 Å². The Morgan fingerprint density at radius 3 is 2.53 bits per heavy atom. The van der Waals surface area contributed by atoms with E-state index in [9.17, 15) is 4.79 Å². The minimum atomic E-state index is -0.582. The number of nitrogens with one attached hydrogen (secondary N) is 1. The van der Waals surface area contributed by atoms with Gasteiger partial charge in [0.15, 0.2) is 0 Å². The molecule has 106 valence electrons. The molecule has 19 heavy (non-hydrogen) atoms. The Morgan fingerprint density at radius 2 is 2.00 bits per heavy atom. The third kappa shape index (κ3) is 4.03. The zero-order valence-electron chi connectivity index (χ0n) is 11.7. The second-order valence-electron chi connectivity index (χ2n) is 4.88. The predicted molar refractivity (Wildman–Crippen MR) is 75.9 cm³/mol. The van der Waals surface area contributed by atoms with Crippen LogP contribution in [0.2, 0.25) is 0 Å². The van der Waals surface area contributed by atoms with Crippen molar-refractivity contribution in [1.82, 2.24) is 5.32 Å². The van der Waals surface area contributed by atoms with Gasteiger partial charge in [-0.1, -0.05) is 0 Å². The SMILES string of the molecule is COc1ccc(CNC(=O)C(C)(C)CCl)c(OC)c1. The van der Waals surface area contributed by atoms with Gasteiger partial charge in [0.05, 0.1) is 19.6 Å². The second-order valence-corrected chi connectivity index (χ2v) is 5.15.